The van der Waals surface area contributed by atoms with Crippen LogP contribution >= 0.6 is 0 Å². The van der Waals surface area contributed by atoms with E-state index in [0.717, 1.165) is 16.7 Å². The number of carbonyl (C=O) groups excluding carboxylic acids is 3. The van der Waals surface area contributed by atoms with Gasteiger partial charge in [-0.15, -0.1) is 0 Å². The molecule has 1 saturated heterocycles. The van der Waals surface area contributed by atoms with Gasteiger partial charge in [0.05, 0.1) is 12.1 Å². The first kappa shape index (κ1) is 29.0. The van der Waals surface area contributed by atoms with Crippen LogP contribution in [-0.2, 0) is 33.8 Å². The highest BCUT2D eigenvalue weighted by atomic mass is 16.3. The summed E-state index contributed by atoms with van der Waals surface area (Å²) in [4.78, 5) is 41.6. The number of aliphatic hydroxyl groups excluding tert-OH is 1. The molecule has 9 nitrogen and oxygen atoms in total. The molecule has 0 bridgehead atoms. The zero-order valence-electron chi connectivity index (χ0n) is 22.4. The molecule has 38 heavy (non-hydrogen) atoms. The molecular formula is C29H39N5O4. The maximum Gasteiger partial charge on any atom is 0.245 e. The lowest BCUT2D eigenvalue weighted by atomic mass is 9.72. The predicted molar refractivity (Wildman–Crippen MR) is 146 cm³/mol. The topological polar surface area (TPSA) is 149 Å². The molecule has 9 heteroatoms. The minimum atomic E-state index is -1.21. The molecule has 1 heterocycles. The number of benzene rings is 2. The predicted octanol–water partition coefficient (Wildman–Crippen LogP) is 1.56. The van der Waals surface area contributed by atoms with E-state index in [-0.39, 0.29) is 56.5 Å². The Bertz CT molecular complexity index is 1150. The van der Waals surface area contributed by atoms with Crippen molar-refractivity contribution in [2.45, 2.75) is 57.7 Å². The van der Waals surface area contributed by atoms with E-state index in [1.54, 1.807) is 18.7 Å². The van der Waals surface area contributed by atoms with E-state index in [9.17, 15) is 19.5 Å². The fourth-order valence-electron chi connectivity index (χ4n) is 4.89. The average Bonchev–Trinajstić information content (AvgIpc) is 2.91. The lowest BCUT2D eigenvalue weighted by Gasteiger charge is -2.43. The van der Waals surface area contributed by atoms with Crippen molar-refractivity contribution in [1.82, 2.24) is 15.5 Å². The first-order chi connectivity index (χ1) is 18.0. The number of hydrogen-bond donors (Lipinski definition) is 5. The van der Waals surface area contributed by atoms with Crippen LogP contribution < -0.4 is 16.4 Å². The smallest absolute Gasteiger partial charge is 0.245 e. The van der Waals surface area contributed by atoms with E-state index in [4.69, 9.17) is 11.1 Å². The molecule has 3 amide bonds. The molecule has 0 saturated carbocycles. The number of carbonyl (C=O) groups is 3. The summed E-state index contributed by atoms with van der Waals surface area (Å²) in [6, 6.07) is 16.0. The van der Waals surface area contributed by atoms with Crippen molar-refractivity contribution in [3.05, 3.63) is 71.3 Å². The van der Waals surface area contributed by atoms with Crippen LogP contribution in [0.1, 0.15) is 43.4 Å². The second-order valence-corrected chi connectivity index (χ2v) is 10.5. The van der Waals surface area contributed by atoms with Gasteiger partial charge < -0.3 is 31.8 Å². The molecule has 1 aliphatic heterocycles. The van der Waals surface area contributed by atoms with Crippen LogP contribution in [0.15, 0.2) is 54.6 Å². The Morgan fingerprint density at radius 3 is 2.34 bits per heavy atom. The summed E-state index contributed by atoms with van der Waals surface area (Å²) < 4.78 is 0. The highest BCUT2D eigenvalue weighted by Gasteiger charge is 2.48. The van der Waals surface area contributed by atoms with Crippen LogP contribution in [0.3, 0.4) is 0 Å². The summed E-state index contributed by atoms with van der Waals surface area (Å²) in [5.41, 5.74) is 6.44. The van der Waals surface area contributed by atoms with Crippen molar-refractivity contribution in [1.29, 1.82) is 5.41 Å². The molecule has 6 N–H and O–H groups in total. The monoisotopic (exact) mass is 521 g/mol. The molecule has 0 unspecified atom stereocenters. The molecular weight excluding hydrogens is 482 g/mol. The summed E-state index contributed by atoms with van der Waals surface area (Å²) in [6.07, 6.45) is 1.28. The molecule has 2 aromatic rings. The zero-order valence-corrected chi connectivity index (χ0v) is 22.4. The van der Waals surface area contributed by atoms with Crippen molar-refractivity contribution >= 4 is 23.4 Å². The van der Waals surface area contributed by atoms with Gasteiger partial charge in [0.15, 0.2) is 0 Å². The van der Waals surface area contributed by atoms with Crippen molar-refractivity contribution in [3.63, 3.8) is 0 Å². The number of amides is 3. The average molecular weight is 522 g/mol. The summed E-state index contributed by atoms with van der Waals surface area (Å²) in [5, 5.41) is 24.0. The van der Waals surface area contributed by atoms with Gasteiger partial charge in [0.2, 0.25) is 17.7 Å². The van der Waals surface area contributed by atoms with Crippen LogP contribution in [0.2, 0.25) is 0 Å². The van der Waals surface area contributed by atoms with Gasteiger partial charge >= 0.3 is 0 Å². The summed E-state index contributed by atoms with van der Waals surface area (Å²) in [5.74, 6) is -1.10. The van der Waals surface area contributed by atoms with Gasteiger partial charge in [0.1, 0.15) is 11.5 Å². The molecule has 0 radical (unpaired) electrons. The van der Waals surface area contributed by atoms with Gasteiger partial charge in [-0.05, 0) is 49.8 Å². The number of rotatable bonds is 10. The molecule has 3 rings (SSSR count). The minimum absolute atomic E-state index is 0.0326. The second kappa shape index (κ2) is 12.3. The molecule has 2 aromatic carbocycles. The number of aryl methyl sites for hydroxylation is 1. The molecule has 0 aliphatic carbocycles. The van der Waals surface area contributed by atoms with Crippen molar-refractivity contribution < 1.29 is 19.5 Å². The van der Waals surface area contributed by atoms with Crippen LogP contribution in [0, 0.1) is 10.8 Å². The van der Waals surface area contributed by atoms with Crippen molar-refractivity contribution in [2.24, 2.45) is 11.1 Å². The number of nitrogens with zero attached hydrogens (tertiary/aromatic N) is 1. The van der Waals surface area contributed by atoms with Crippen LogP contribution in [0.25, 0.3) is 0 Å². The second-order valence-electron chi connectivity index (χ2n) is 10.5. The molecule has 0 spiro atoms. The summed E-state index contributed by atoms with van der Waals surface area (Å²) in [6.45, 7) is 3.33. The molecule has 0 aromatic heterocycles. The van der Waals surface area contributed by atoms with Crippen LogP contribution in [0.4, 0.5) is 0 Å². The standard InChI is InChI=1S/C29H39N5O4/c1-28(2,31)26(37)33-23(14-13-21-11-7-8-12-22(21)18-35)25(36)34-16-15-24(30)29(19-34,27(38)32-3)17-20-9-5-4-6-10-20/h4-12,23,30,35H,13-19,31H2,1-3H3,(H,32,38)(H,33,37)/t23-,29-/m1/s1. The zero-order chi connectivity index (χ0) is 27.9. The van der Waals surface area contributed by atoms with E-state index >= 15 is 0 Å². The largest absolute Gasteiger partial charge is 0.392 e. The highest BCUT2D eigenvalue weighted by Crippen LogP contribution is 2.32. The lowest BCUT2D eigenvalue weighted by Crippen LogP contribution is -2.62. The Labute approximate surface area is 224 Å². The highest BCUT2D eigenvalue weighted by molar-refractivity contribution is 6.09. The van der Waals surface area contributed by atoms with Gasteiger partial charge in [0, 0.05) is 32.3 Å². The third-order valence-electron chi connectivity index (χ3n) is 7.17. The number of likely N-dealkylation sites (tertiary alicyclic amines) is 1. The van der Waals surface area contributed by atoms with E-state index in [1.165, 1.54) is 7.05 Å². The van der Waals surface area contributed by atoms with E-state index in [1.807, 2.05) is 54.6 Å². The Balaban J connectivity index is 1.89. The Morgan fingerprint density at radius 1 is 1.11 bits per heavy atom. The van der Waals surface area contributed by atoms with Gasteiger partial charge in [-0.25, -0.2) is 0 Å². The normalized spacial score (nSPS) is 18.6. The third-order valence-corrected chi connectivity index (χ3v) is 7.17. The number of hydrogen-bond acceptors (Lipinski definition) is 6. The molecule has 2 atom stereocenters. The van der Waals surface area contributed by atoms with Crippen molar-refractivity contribution in [3.8, 4) is 0 Å². The molecule has 1 aliphatic rings. The Morgan fingerprint density at radius 2 is 1.74 bits per heavy atom. The Hall–Kier alpha value is -3.56. The number of aliphatic hydroxyl groups is 1. The van der Waals surface area contributed by atoms with E-state index in [0.29, 0.717) is 6.42 Å². The number of nitrogens with one attached hydrogen (secondary N) is 3. The van der Waals surface area contributed by atoms with Gasteiger partial charge in [-0.3, -0.25) is 14.4 Å². The maximum absolute atomic E-state index is 13.9. The van der Waals surface area contributed by atoms with E-state index in [2.05, 4.69) is 10.6 Å². The van der Waals surface area contributed by atoms with Gasteiger partial charge in [-0.2, -0.15) is 0 Å². The molecule has 204 valence electrons. The van der Waals surface area contributed by atoms with Gasteiger partial charge in [-0.1, -0.05) is 54.6 Å². The lowest BCUT2D eigenvalue weighted by molar-refractivity contribution is -0.141. The fraction of sp³-hybridized carbons (Fsp3) is 0.448. The SMILES string of the molecule is CNC(=O)[C@]1(Cc2ccccc2)CN(C(=O)[C@@H](CCc2ccccc2CO)NC(=O)C(C)(C)N)CCC1=N. The molecule has 1 fully saturated rings. The number of nitrogens with two attached hydrogens (primary N) is 1. The maximum atomic E-state index is 13.9. The van der Waals surface area contributed by atoms with Gasteiger partial charge in [0.25, 0.3) is 0 Å². The first-order valence-electron chi connectivity index (χ1n) is 12.9. The summed E-state index contributed by atoms with van der Waals surface area (Å²) in [7, 11) is 1.54. The van der Waals surface area contributed by atoms with E-state index < -0.39 is 22.9 Å². The number of piperidine rings is 1. The van der Waals surface area contributed by atoms with Crippen molar-refractivity contribution in [2.75, 3.05) is 20.1 Å². The Kier molecular flexibility index (Phi) is 9.40. The van der Waals surface area contributed by atoms with Crippen LogP contribution in [-0.4, -0.2) is 65.2 Å². The fourth-order valence-corrected chi connectivity index (χ4v) is 4.89. The first-order valence-corrected chi connectivity index (χ1v) is 12.9. The van der Waals surface area contributed by atoms with Crippen LogP contribution in [0.5, 0.6) is 0 Å². The quantitative estimate of drug-likeness (QED) is 0.322. The summed E-state index contributed by atoms with van der Waals surface area (Å²) >= 11 is 0. The minimum Gasteiger partial charge on any atom is -0.392 e. The third kappa shape index (κ3) is 6.65.